The van der Waals surface area contributed by atoms with Crippen molar-refractivity contribution in [3.63, 3.8) is 0 Å². The molecule has 7 heteroatoms. The first-order chi connectivity index (χ1) is 10.7. The van der Waals surface area contributed by atoms with E-state index in [-0.39, 0.29) is 5.91 Å². The third-order valence-electron chi connectivity index (χ3n) is 3.25. The van der Waals surface area contributed by atoms with Gasteiger partial charge < -0.3 is 15.1 Å². The Morgan fingerprint density at radius 1 is 1.36 bits per heavy atom. The summed E-state index contributed by atoms with van der Waals surface area (Å²) in [6.07, 6.45) is 4.79. The van der Waals surface area contributed by atoms with E-state index >= 15 is 0 Å². The fraction of sp³-hybridized carbons (Fsp3) is 0.267. The lowest BCUT2D eigenvalue weighted by molar-refractivity contribution is -0.120. The Morgan fingerprint density at radius 2 is 2.23 bits per heavy atom. The standard InChI is InChI=1S/C15H17N5O2/c1-16-14(21)7-4-8-20-10-11(9-17-20)18-15-19-12-5-2-3-6-13(12)22-15/h2-3,5-6,9-10H,4,7-8H2,1H3,(H,16,21)(H,18,19). The molecule has 2 aromatic heterocycles. The van der Waals surface area contributed by atoms with Gasteiger partial charge in [0.1, 0.15) is 5.52 Å². The van der Waals surface area contributed by atoms with Crippen LogP contribution in [0.5, 0.6) is 0 Å². The Bertz CT molecular complexity index is 744. The van der Waals surface area contributed by atoms with Crippen LogP contribution in [0.3, 0.4) is 0 Å². The van der Waals surface area contributed by atoms with Gasteiger partial charge in [-0.3, -0.25) is 9.48 Å². The Labute approximate surface area is 127 Å². The molecule has 0 atom stereocenters. The largest absolute Gasteiger partial charge is 0.423 e. The zero-order chi connectivity index (χ0) is 15.4. The van der Waals surface area contributed by atoms with Crippen molar-refractivity contribution >= 4 is 28.7 Å². The van der Waals surface area contributed by atoms with Crippen LogP contribution in [-0.2, 0) is 11.3 Å². The summed E-state index contributed by atoms with van der Waals surface area (Å²) in [7, 11) is 1.64. The second-order valence-corrected chi connectivity index (χ2v) is 4.88. The number of hydrogen-bond acceptors (Lipinski definition) is 5. The topological polar surface area (TPSA) is 85.0 Å². The molecule has 0 aliphatic rings. The van der Waals surface area contributed by atoms with Crippen molar-refractivity contribution in [2.45, 2.75) is 19.4 Å². The first kappa shape index (κ1) is 14.1. The molecule has 1 amide bonds. The summed E-state index contributed by atoms with van der Waals surface area (Å²) in [6, 6.07) is 8.02. The number of amides is 1. The summed E-state index contributed by atoms with van der Waals surface area (Å²) in [5.74, 6) is 0.0389. The van der Waals surface area contributed by atoms with Gasteiger partial charge in [-0.15, -0.1) is 0 Å². The highest BCUT2D eigenvalue weighted by Gasteiger charge is 2.06. The quantitative estimate of drug-likeness (QED) is 0.729. The van der Waals surface area contributed by atoms with E-state index in [1.807, 2.05) is 30.5 Å². The van der Waals surface area contributed by atoms with E-state index in [0.717, 1.165) is 23.2 Å². The van der Waals surface area contributed by atoms with Gasteiger partial charge in [-0.05, 0) is 18.6 Å². The maximum Gasteiger partial charge on any atom is 0.300 e. The van der Waals surface area contributed by atoms with Crippen LogP contribution in [0.2, 0.25) is 0 Å². The molecule has 0 radical (unpaired) electrons. The number of benzene rings is 1. The summed E-state index contributed by atoms with van der Waals surface area (Å²) in [6.45, 7) is 0.683. The van der Waals surface area contributed by atoms with Gasteiger partial charge in [0.05, 0.1) is 11.9 Å². The lowest BCUT2D eigenvalue weighted by Crippen LogP contribution is -2.17. The summed E-state index contributed by atoms with van der Waals surface area (Å²) in [5.41, 5.74) is 2.34. The Balaban J connectivity index is 1.60. The van der Waals surface area contributed by atoms with Crippen LogP contribution in [0, 0.1) is 0 Å². The van der Waals surface area contributed by atoms with Crippen LogP contribution < -0.4 is 10.6 Å². The average Bonchev–Trinajstić information content (AvgIpc) is 3.13. The van der Waals surface area contributed by atoms with Crippen molar-refractivity contribution in [2.24, 2.45) is 0 Å². The van der Waals surface area contributed by atoms with E-state index in [0.29, 0.717) is 19.0 Å². The number of para-hydroxylation sites is 2. The van der Waals surface area contributed by atoms with Crippen molar-refractivity contribution in [1.29, 1.82) is 0 Å². The van der Waals surface area contributed by atoms with E-state index in [2.05, 4.69) is 20.7 Å². The Morgan fingerprint density at radius 3 is 3.05 bits per heavy atom. The SMILES string of the molecule is CNC(=O)CCCn1cc(Nc2nc3ccccc3o2)cn1. The molecule has 3 rings (SSSR count). The number of aryl methyl sites for hydroxylation is 1. The van der Waals surface area contributed by atoms with Crippen molar-refractivity contribution in [1.82, 2.24) is 20.1 Å². The highest BCUT2D eigenvalue weighted by atomic mass is 16.4. The number of carbonyl (C=O) groups is 1. The molecule has 0 fully saturated rings. The fourth-order valence-electron chi connectivity index (χ4n) is 2.13. The number of carbonyl (C=O) groups excluding carboxylic acids is 1. The fourth-order valence-corrected chi connectivity index (χ4v) is 2.13. The molecule has 2 N–H and O–H groups in total. The number of nitrogens with zero attached hydrogens (tertiary/aromatic N) is 3. The molecule has 114 valence electrons. The molecule has 0 aliphatic carbocycles. The van der Waals surface area contributed by atoms with Gasteiger partial charge in [0, 0.05) is 26.2 Å². The van der Waals surface area contributed by atoms with E-state index in [9.17, 15) is 4.79 Å². The number of hydrogen-bond donors (Lipinski definition) is 2. The molecular formula is C15H17N5O2. The molecule has 2 heterocycles. The monoisotopic (exact) mass is 299 g/mol. The molecule has 0 saturated heterocycles. The first-order valence-electron chi connectivity index (χ1n) is 7.10. The summed E-state index contributed by atoms with van der Waals surface area (Å²) < 4.78 is 7.38. The zero-order valence-corrected chi connectivity index (χ0v) is 12.2. The number of nitrogens with one attached hydrogen (secondary N) is 2. The lowest BCUT2D eigenvalue weighted by atomic mass is 10.3. The maximum absolute atomic E-state index is 11.2. The number of anilines is 2. The number of oxazole rings is 1. The van der Waals surface area contributed by atoms with E-state index < -0.39 is 0 Å². The van der Waals surface area contributed by atoms with Gasteiger partial charge in [0.15, 0.2) is 5.58 Å². The molecular weight excluding hydrogens is 282 g/mol. The van der Waals surface area contributed by atoms with Crippen molar-refractivity contribution in [3.05, 3.63) is 36.7 Å². The molecule has 0 bridgehead atoms. The molecule has 0 unspecified atom stereocenters. The Kier molecular flexibility index (Phi) is 4.04. The van der Waals surface area contributed by atoms with Gasteiger partial charge in [0.2, 0.25) is 5.91 Å². The Hall–Kier alpha value is -2.83. The van der Waals surface area contributed by atoms with Crippen LogP contribution >= 0.6 is 0 Å². The van der Waals surface area contributed by atoms with Gasteiger partial charge in [-0.2, -0.15) is 10.1 Å². The van der Waals surface area contributed by atoms with Gasteiger partial charge >= 0.3 is 0 Å². The van der Waals surface area contributed by atoms with E-state index in [1.54, 1.807) is 17.9 Å². The van der Waals surface area contributed by atoms with E-state index in [4.69, 9.17) is 4.42 Å². The summed E-state index contributed by atoms with van der Waals surface area (Å²) >= 11 is 0. The number of aromatic nitrogens is 3. The van der Waals surface area contributed by atoms with Crippen LogP contribution in [0.1, 0.15) is 12.8 Å². The number of fused-ring (bicyclic) bond motifs is 1. The highest BCUT2D eigenvalue weighted by molar-refractivity contribution is 5.75. The minimum Gasteiger partial charge on any atom is -0.423 e. The van der Waals surface area contributed by atoms with Crippen LogP contribution in [-0.4, -0.2) is 27.7 Å². The van der Waals surface area contributed by atoms with E-state index in [1.165, 1.54) is 0 Å². The molecule has 0 saturated carbocycles. The van der Waals surface area contributed by atoms with Crippen molar-refractivity contribution < 1.29 is 9.21 Å². The summed E-state index contributed by atoms with van der Waals surface area (Å²) in [5, 5.41) is 9.93. The van der Waals surface area contributed by atoms with Crippen LogP contribution in [0.25, 0.3) is 11.1 Å². The summed E-state index contributed by atoms with van der Waals surface area (Å²) in [4.78, 5) is 15.5. The third kappa shape index (κ3) is 3.25. The highest BCUT2D eigenvalue weighted by Crippen LogP contribution is 2.21. The second kappa shape index (κ2) is 6.30. The molecule has 0 aliphatic heterocycles. The molecule has 22 heavy (non-hydrogen) atoms. The van der Waals surface area contributed by atoms with Gasteiger partial charge in [-0.1, -0.05) is 12.1 Å². The maximum atomic E-state index is 11.2. The average molecular weight is 299 g/mol. The van der Waals surface area contributed by atoms with Crippen LogP contribution in [0.15, 0.2) is 41.1 Å². The smallest absolute Gasteiger partial charge is 0.300 e. The normalized spacial score (nSPS) is 10.8. The zero-order valence-electron chi connectivity index (χ0n) is 12.2. The molecule has 1 aromatic carbocycles. The van der Waals surface area contributed by atoms with Crippen molar-refractivity contribution in [3.8, 4) is 0 Å². The third-order valence-corrected chi connectivity index (χ3v) is 3.25. The second-order valence-electron chi connectivity index (χ2n) is 4.88. The minimum absolute atomic E-state index is 0.0389. The van der Waals surface area contributed by atoms with Crippen molar-refractivity contribution in [2.75, 3.05) is 12.4 Å². The first-order valence-corrected chi connectivity index (χ1v) is 7.10. The minimum atomic E-state index is 0.0389. The molecule has 7 nitrogen and oxygen atoms in total. The van der Waals surface area contributed by atoms with Crippen LogP contribution in [0.4, 0.5) is 11.7 Å². The van der Waals surface area contributed by atoms with Gasteiger partial charge in [-0.25, -0.2) is 0 Å². The number of rotatable bonds is 6. The predicted molar refractivity (Wildman–Crippen MR) is 82.8 cm³/mol. The van der Waals surface area contributed by atoms with Gasteiger partial charge in [0.25, 0.3) is 6.01 Å². The molecule has 3 aromatic rings. The lowest BCUT2D eigenvalue weighted by Gasteiger charge is -2.00. The molecule has 0 spiro atoms. The predicted octanol–water partition coefficient (Wildman–Crippen LogP) is 2.29.